The van der Waals surface area contributed by atoms with E-state index in [-0.39, 0.29) is 6.04 Å². The van der Waals surface area contributed by atoms with E-state index >= 15 is 0 Å². The van der Waals surface area contributed by atoms with Gasteiger partial charge in [-0.05, 0) is 56.2 Å². The molecule has 0 aliphatic rings. The SMILES string of the molecule is Cc1ccc(NC(=S)N[C@@H](C)COc2ccccc2C)nc1. The largest absolute Gasteiger partial charge is 0.491 e. The Hall–Kier alpha value is -2.14. The fraction of sp³-hybridized carbons (Fsp3) is 0.294. The Bertz CT molecular complexity index is 628. The second kappa shape index (κ2) is 7.75. The lowest BCUT2D eigenvalue weighted by Crippen LogP contribution is -2.39. The first kappa shape index (κ1) is 16.2. The number of hydrogen-bond acceptors (Lipinski definition) is 3. The number of benzene rings is 1. The van der Waals surface area contributed by atoms with Crippen LogP contribution in [-0.4, -0.2) is 22.7 Å². The van der Waals surface area contributed by atoms with Crippen LogP contribution in [0.4, 0.5) is 5.82 Å². The first-order valence-electron chi connectivity index (χ1n) is 7.23. The number of nitrogens with zero attached hydrogens (tertiary/aromatic N) is 1. The van der Waals surface area contributed by atoms with Crippen LogP contribution in [0.3, 0.4) is 0 Å². The Balaban J connectivity index is 1.79. The van der Waals surface area contributed by atoms with E-state index in [4.69, 9.17) is 17.0 Å². The maximum absolute atomic E-state index is 5.80. The van der Waals surface area contributed by atoms with Crippen LogP contribution in [0.15, 0.2) is 42.6 Å². The Morgan fingerprint density at radius 3 is 2.68 bits per heavy atom. The number of ether oxygens (including phenoxy) is 1. The number of rotatable bonds is 5. The van der Waals surface area contributed by atoms with Gasteiger partial charge in [0.15, 0.2) is 5.11 Å². The number of aryl methyl sites for hydroxylation is 2. The Labute approximate surface area is 136 Å². The summed E-state index contributed by atoms with van der Waals surface area (Å²) < 4.78 is 5.80. The summed E-state index contributed by atoms with van der Waals surface area (Å²) in [5.74, 6) is 1.63. The predicted molar refractivity (Wildman–Crippen MR) is 94.5 cm³/mol. The number of pyridine rings is 1. The van der Waals surface area contributed by atoms with Crippen molar-refractivity contribution in [2.75, 3.05) is 11.9 Å². The van der Waals surface area contributed by atoms with Crippen LogP contribution in [-0.2, 0) is 0 Å². The average molecular weight is 315 g/mol. The topological polar surface area (TPSA) is 46.2 Å². The molecule has 0 radical (unpaired) electrons. The molecule has 0 bridgehead atoms. The van der Waals surface area contributed by atoms with E-state index in [9.17, 15) is 0 Å². The molecule has 0 saturated heterocycles. The minimum atomic E-state index is 0.0880. The normalized spacial score (nSPS) is 11.6. The minimum absolute atomic E-state index is 0.0880. The fourth-order valence-electron chi connectivity index (χ4n) is 1.89. The van der Waals surface area contributed by atoms with Gasteiger partial charge in [-0.25, -0.2) is 4.98 Å². The van der Waals surface area contributed by atoms with Crippen molar-refractivity contribution in [3.05, 3.63) is 53.7 Å². The van der Waals surface area contributed by atoms with Crippen LogP contribution in [0.5, 0.6) is 5.75 Å². The van der Waals surface area contributed by atoms with E-state index in [1.165, 1.54) is 0 Å². The first-order chi connectivity index (χ1) is 10.5. The molecule has 22 heavy (non-hydrogen) atoms. The van der Waals surface area contributed by atoms with Gasteiger partial charge in [-0.1, -0.05) is 24.3 Å². The van der Waals surface area contributed by atoms with Crippen LogP contribution in [0.25, 0.3) is 0 Å². The molecule has 1 atom stereocenters. The summed E-state index contributed by atoms with van der Waals surface area (Å²) in [7, 11) is 0. The molecule has 0 spiro atoms. The van der Waals surface area contributed by atoms with Crippen molar-refractivity contribution < 1.29 is 4.74 Å². The smallest absolute Gasteiger partial charge is 0.172 e. The van der Waals surface area contributed by atoms with Crippen LogP contribution in [0, 0.1) is 13.8 Å². The van der Waals surface area contributed by atoms with Gasteiger partial charge in [-0.2, -0.15) is 0 Å². The highest BCUT2D eigenvalue weighted by atomic mass is 32.1. The number of nitrogens with one attached hydrogen (secondary N) is 2. The summed E-state index contributed by atoms with van der Waals surface area (Å²) in [5, 5.41) is 6.79. The summed E-state index contributed by atoms with van der Waals surface area (Å²) >= 11 is 5.28. The molecule has 4 nitrogen and oxygen atoms in total. The molecule has 0 fully saturated rings. The average Bonchev–Trinajstić information content (AvgIpc) is 2.49. The lowest BCUT2D eigenvalue weighted by Gasteiger charge is -2.18. The highest BCUT2D eigenvalue weighted by Crippen LogP contribution is 2.16. The van der Waals surface area contributed by atoms with Crippen molar-refractivity contribution in [1.29, 1.82) is 0 Å². The zero-order valence-corrected chi connectivity index (χ0v) is 13.9. The second-order valence-electron chi connectivity index (χ2n) is 5.30. The molecule has 1 aromatic carbocycles. The molecular weight excluding hydrogens is 294 g/mol. The molecule has 2 rings (SSSR count). The van der Waals surface area contributed by atoms with Gasteiger partial charge in [0, 0.05) is 6.20 Å². The molecule has 2 N–H and O–H groups in total. The van der Waals surface area contributed by atoms with Crippen molar-refractivity contribution in [2.24, 2.45) is 0 Å². The standard InChI is InChI=1S/C17H21N3OS/c1-12-8-9-16(18-10-12)20-17(22)19-14(3)11-21-15-7-5-4-6-13(15)2/h4-10,14H,11H2,1-3H3,(H2,18,19,20,22)/t14-/m0/s1. The van der Waals surface area contributed by atoms with E-state index in [1.54, 1.807) is 6.20 Å². The minimum Gasteiger partial charge on any atom is -0.491 e. The summed E-state index contributed by atoms with van der Waals surface area (Å²) in [6.45, 7) is 6.59. The van der Waals surface area contributed by atoms with Crippen molar-refractivity contribution >= 4 is 23.1 Å². The first-order valence-corrected chi connectivity index (χ1v) is 7.64. The van der Waals surface area contributed by atoms with Crippen molar-refractivity contribution in [3.63, 3.8) is 0 Å². The molecule has 0 amide bonds. The van der Waals surface area contributed by atoms with Crippen molar-refractivity contribution in [1.82, 2.24) is 10.3 Å². The second-order valence-corrected chi connectivity index (χ2v) is 5.71. The molecule has 0 aliphatic heterocycles. The molecule has 5 heteroatoms. The molecule has 0 unspecified atom stereocenters. The molecule has 0 aliphatic carbocycles. The van der Waals surface area contributed by atoms with Gasteiger partial charge in [0.25, 0.3) is 0 Å². The highest BCUT2D eigenvalue weighted by molar-refractivity contribution is 7.80. The highest BCUT2D eigenvalue weighted by Gasteiger charge is 2.07. The van der Waals surface area contributed by atoms with Crippen LogP contribution in [0.2, 0.25) is 0 Å². The van der Waals surface area contributed by atoms with Crippen LogP contribution in [0.1, 0.15) is 18.1 Å². The van der Waals surface area contributed by atoms with Crippen LogP contribution >= 0.6 is 12.2 Å². The van der Waals surface area contributed by atoms with E-state index < -0.39 is 0 Å². The molecule has 2 aromatic rings. The molecule has 1 heterocycles. The van der Waals surface area contributed by atoms with Gasteiger partial charge in [0.1, 0.15) is 18.2 Å². The third-order valence-electron chi connectivity index (χ3n) is 3.11. The van der Waals surface area contributed by atoms with E-state index in [0.29, 0.717) is 11.7 Å². The van der Waals surface area contributed by atoms with Gasteiger partial charge in [0.05, 0.1) is 6.04 Å². The summed E-state index contributed by atoms with van der Waals surface area (Å²) in [6, 6.07) is 11.9. The predicted octanol–water partition coefficient (Wildman–Crippen LogP) is 3.45. The lowest BCUT2D eigenvalue weighted by atomic mass is 10.2. The Morgan fingerprint density at radius 2 is 2.00 bits per heavy atom. The maximum Gasteiger partial charge on any atom is 0.172 e. The van der Waals surface area contributed by atoms with Gasteiger partial charge in [-0.3, -0.25) is 0 Å². The van der Waals surface area contributed by atoms with E-state index in [2.05, 4.69) is 15.6 Å². The van der Waals surface area contributed by atoms with Gasteiger partial charge in [0.2, 0.25) is 0 Å². The number of anilines is 1. The molecule has 0 saturated carbocycles. The Kier molecular flexibility index (Phi) is 5.72. The molecule has 1 aromatic heterocycles. The number of para-hydroxylation sites is 1. The third-order valence-corrected chi connectivity index (χ3v) is 3.33. The van der Waals surface area contributed by atoms with Crippen LogP contribution < -0.4 is 15.4 Å². The van der Waals surface area contributed by atoms with Crippen molar-refractivity contribution in [3.8, 4) is 5.75 Å². The van der Waals surface area contributed by atoms with E-state index in [0.717, 1.165) is 22.7 Å². The van der Waals surface area contributed by atoms with Gasteiger partial charge < -0.3 is 15.4 Å². The third kappa shape index (κ3) is 5.00. The molecular formula is C17H21N3OS. The number of thiocarbonyl (C=S) groups is 1. The lowest BCUT2D eigenvalue weighted by molar-refractivity contribution is 0.285. The van der Waals surface area contributed by atoms with Gasteiger partial charge >= 0.3 is 0 Å². The molecule has 116 valence electrons. The zero-order valence-electron chi connectivity index (χ0n) is 13.1. The maximum atomic E-state index is 5.80. The summed E-state index contributed by atoms with van der Waals surface area (Å²) in [6.07, 6.45) is 1.80. The monoisotopic (exact) mass is 315 g/mol. The zero-order chi connectivity index (χ0) is 15.9. The summed E-state index contributed by atoms with van der Waals surface area (Å²) in [4.78, 5) is 4.26. The number of aromatic nitrogens is 1. The van der Waals surface area contributed by atoms with Crippen molar-refractivity contribution in [2.45, 2.75) is 26.8 Å². The van der Waals surface area contributed by atoms with Gasteiger partial charge in [-0.15, -0.1) is 0 Å². The number of hydrogen-bond donors (Lipinski definition) is 2. The quantitative estimate of drug-likeness (QED) is 0.828. The fourth-order valence-corrected chi connectivity index (χ4v) is 2.20. The summed E-state index contributed by atoms with van der Waals surface area (Å²) in [5.41, 5.74) is 2.24. The Morgan fingerprint density at radius 1 is 1.23 bits per heavy atom. The van der Waals surface area contributed by atoms with E-state index in [1.807, 2.05) is 57.2 Å².